The van der Waals surface area contributed by atoms with Gasteiger partial charge in [-0.25, -0.2) is 8.42 Å². The summed E-state index contributed by atoms with van der Waals surface area (Å²) >= 11 is 0. The van der Waals surface area contributed by atoms with E-state index in [-0.39, 0.29) is 12.5 Å². The zero-order chi connectivity index (χ0) is 22.9. The van der Waals surface area contributed by atoms with Gasteiger partial charge in [0.15, 0.2) is 0 Å². The molecule has 7 heteroatoms. The summed E-state index contributed by atoms with van der Waals surface area (Å²) in [5.74, 6) is 1.06. The molecule has 0 saturated heterocycles. The van der Waals surface area contributed by atoms with Crippen LogP contribution in [0.15, 0.2) is 48.5 Å². The molecule has 0 radical (unpaired) electrons. The van der Waals surface area contributed by atoms with Crippen molar-refractivity contribution in [3.8, 4) is 5.75 Å². The lowest BCUT2D eigenvalue weighted by molar-refractivity contribution is 0.0946. The number of anilines is 1. The second kappa shape index (κ2) is 11.7. The van der Waals surface area contributed by atoms with Gasteiger partial charge in [-0.2, -0.15) is 0 Å². The summed E-state index contributed by atoms with van der Waals surface area (Å²) in [5.41, 5.74) is 1.93. The highest BCUT2D eigenvalue weighted by molar-refractivity contribution is 7.92. The Kier molecular flexibility index (Phi) is 9.37. The molecule has 0 aliphatic heterocycles. The second-order valence-corrected chi connectivity index (χ2v) is 9.70. The number of nitrogens with one attached hydrogen (secondary N) is 1. The fourth-order valence-electron chi connectivity index (χ4n) is 3.36. The van der Waals surface area contributed by atoms with Crippen LogP contribution in [0, 0.1) is 5.92 Å². The highest BCUT2D eigenvalue weighted by Gasteiger charge is 2.18. The van der Waals surface area contributed by atoms with Crippen molar-refractivity contribution in [2.45, 2.75) is 46.1 Å². The van der Waals surface area contributed by atoms with Crippen LogP contribution in [0.3, 0.4) is 0 Å². The number of benzene rings is 2. The summed E-state index contributed by atoms with van der Waals surface area (Å²) in [7, 11) is -1.91. The van der Waals surface area contributed by atoms with E-state index < -0.39 is 10.0 Å². The van der Waals surface area contributed by atoms with Crippen LogP contribution < -0.4 is 14.4 Å². The van der Waals surface area contributed by atoms with Gasteiger partial charge in [-0.15, -0.1) is 0 Å². The van der Waals surface area contributed by atoms with Gasteiger partial charge in [-0.1, -0.05) is 45.2 Å². The smallest absolute Gasteiger partial charge is 0.251 e. The Hall–Kier alpha value is -2.54. The van der Waals surface area contributed by atoms with Crippen LogP contribution in [0.5, 0.6) is 5.75 Å². The summed E-state index contributed by atoms with van der Waals surface area (Å²) in [4.78, 5) is 12.5. The monoisotopic (exact) mass is 446 g/mol. The zero-order valence-corrected chi connectivity index (χ0v) is 19.7. The van der Waals surface area contributed by atoms with Crippen LogP contribution in [0.1, 0.15) is 55.5 Å². The third kappa shape index (κ3) is 7.58. The molecule has 2 aromatic rings. The van der Waals surface area contributed by atoms with Crippen LogP contribution in [-0.2, 0) is 16.6 Å². The lowest BCUT2D eigenvalue weighted by Gasteiger charge is -2.23. The summed E-state index contributed by atoms with van der Waals surface area (Å²) in [6.45, 7) is 5.18. The van der Waals surface area contributed by atoms with E-state index in [9.17, 15) is 13.2 Å². The third-order valence-corrected chi connectivity index (χ3v) is 6.54. The number of unbranched alkanes of at least 4 members (excludes halogenated alkanes) is 1. The van der Waals surface area contributed by atoms with Crippen molar-refractivity contribution >= 4 is 21.6 Å². The maximum atomic E-state index is 12.5. The number of ether oxygens (including phenoxy) is 1. The van der Waals surface area contributed by atoms with E-state index >= 15 is 0 Å². The van der Waals surface area contributed by atoms with Gasteiger partial charge in [-0.3, -0.25) is 9.10 Å². The summed E-state index contributed by atoms with van der Waals surface area (Å²) < 4.78 is 31.2. The minimum atomic E-state index is -3.48. The van der Waals surface area contributed by atoms with Crippen molar-refractivity contribution in [2.75, 3.05) is 24.2 Å². The molecule has 6 nitrogen and oxygen atoms in total. The number of carbonyl (C=O) groups is 1. The van der Waals surface area contributed by atoms with Gasteiger partial charge in [0.2, 0.25) is 10.0 Å². The van der Waals surface area contributed by atoms with Gasteiger partial charge in [-0.05, 0) is 54.3 Å². The van der Waals surface area contributed by atoms with Crippen LogP contribution in [0.2, 0.25) is 0 Å². The normalized spacial score (nSPS) is 12.3. The molecule has 0 aromatic heterocycles. The minimum absolute atomic E-state index is 0.100. The first-order valence-corrected chi connectivity index (χ1v) is 12.6. The quantitative estimate of drug-likeness (QED) is 0.517. The molecule has 0 saturated carbocycles. The summed E-state index contributed by atoms with van der Waals surface area (Å²) in [5, 5.41) is 3.02. The lowest BCUT2D eigenvalue weighted by atomic mass is 9.99. The molecule has 0 aliphatic rings. The molecule has 0 unspecified atom stereocenters. The fourth-order valence-corrected chi connectivity index (χ4v) is 4.25. The van der Waals surface area contributed by atoms with E-state index in [1.54, 1.807) is 55.6 Å². The average Bonchev–Trinajstić information content (AvgIpc) is 2.77. The van der Waals surface area contributed by atoms with E-state index in [0.717, 1.165) is 24.8 Å². The Labute approximate surface area is 186 Å². The summed E-state index contributed by atoms with van der Waals surface area (Å²) in [6.07, 6.45) is 5.69. The number of nitrogens with zero attached hydrogens (tertiary/aromatic N) is 1. The molecule has 1 atom stereocenters. The van der Waals surface area contributed by atoms with Crippen LogP contribution >= 0.6 is 0 Å². The Bertz CT molecular complexity index is 925. The van der Waals surface area contributed by atoms with Gasteiger partial charge in [0, 0.05) is 12.1 Å². The van der Waals surface area contributed by atoms with Crippen LogP contribution in [0.25, 0.3) is 0 Å². The molecule has 31 heavy (non-hydrogen) atoms. The van der Waals surface area contributed by atoms with Crippen molar-refractivity contribution in [1.82, 2.24) is 5.32 Å². The molecule has 0 bridgehead atoms. The van der Waals surface area contributed by atoms with E-state index in [0.29, 0.717) is 29.5 Å². The van der Waals surface area contributed by atoms with Crippen molar-refractivity contribution < 1.29 is 17.9 Å². The predicted molar refractivity (Wildman–Crippen MR) is 126 cm³/mol. The predicted octanol–water partition coefficient (Wildman–Crippen LogP) is 4.61. The summed E-state index contributed by atoms with van der Waals surface area (Å²) in [6, 6.07) is 14.0. The SMILES string of the molecule is CCCC[C@H](CC)CNC(=O)c1ccc(CN(c2ccc(OC)cc2)S(C)(=O)=O)cc1. The Balaban J connectivity index is 2.05. The molecule has 170 valence electrons. The van der Waals surface area contributed by atoms with E-state index in [2.05, 4.69) is 19.2 Å². The molecule has 1 amide bonds. The maximum Gasteiger partial charge on any atom is 0.251 e. The standard InChI is InChI=1S/C24H34N2O4S/c1-5-7-8-19(6-2)17-25-24(27)21-11-9-20(10-12-21)18-26(31(4,28)29)22-13-15-23(30-3)16-14-22/h9-16,19H,5-8,17-18H2,1-4H3,(H,25,27)/t19-/m0/s1. The van der Waals surface area contributed by atoms with Crippen LogP contribution in [0.4, 0.5) is 5.69 Å². The van der Waals surface area contributed by atoms with Gasteiger partial charge in [0.1, 0.15) is 5.75 Å². The first-order valence-electron chi connectivity index (χ1n) is 10.8. The molecule has 0 aliphatic carbocycles. The first kappa shape index (κ1) is 24.7. The minimum Gasteiger partial charge on any atom is -0.497 e. The van der Waals surface area contributed by atoms with Crippen LogP contribution in [-0.4, -0.2) is 34.2 Å². The number of sulfonamides is 1. The number of hydrogen-bond donors (Lipinski definition) is 1. The number of amides is 1. The number of rotatable bonds is 12. The molecular weight excluding hydrogens is 412 g/mol. The molecular formula is C24H34N2O4S. The molecule has 0 fully saturated rings. The third-order valence-electron chi connectivity index (χ3n) is 5.40. The van der Waals surface area contributed by atoms with Crippen molar-refractivity contribution in [3.63, 3.8) is 0 Å². The number of methoxy groups -OCH3 is 1. The van der Waals surface area contributed by atoms with Crippen molar-refractivity contribution in [2.24, 2.45) is 5.92 Å². The highest BCUT2D eigenvalue weighted by atomic mass is 32.2. The molecule has 2 rings (SSSR count). The van der Waals surface area contributed by atoms with Crippen molar-refractivity contribution in [1.29, 1.82) is 0 Å². The van der Waals surface area contributed by atoms with Gasteiger partial charge in [0.05, 0.1) is 25.6 Å². The Morgan fingerprint density at radius 3 is 2.23 bits per heavy atom. The zero-order valence-electron chi connectivity index (χ0n) is 18.9. The topological polar surface area (TPSA) is 75.7 Å². The van der Waals surface area contributed by atoms with Gasteiger partial charge >= 0.3 is 0 Å². The van der Waals surface area contributed by atoms with Gasteiger partial charge in [0.25, 0.3) is 5.91 Å². The number of carbonyl (C=O) groups excluding carboxylic acids is 1. The largest absolute Gasteiger partial charge is 0.497 e. The fraction of sp³-hybridized carbons (Fsp3) is 0.458. The van der Waals surface area contributed by atoms with E-state index in [1.165, 1.54) is 17.0 Å². The van der Waals surface area contributed by atoms with Gasteiger partial charge < -0.3 is 10.1 Å². The van der Waals surface area contributed by atoms with Crippen molar-refractivity contribution in [3.05, 3.63) is 59.7 Å². The number of hydrogen-bond acceptors (Lipinski definition) is 4. The molecule has 2 aromatic carbocycles. The Morgan fingerprint density at radius 1 is 1.06 bits per heavy atom. The average molecular weight is 447 g/mol. The lowest BCUT2D eigenvalue weighted by Crippen LogP contribution is -2.30. The van der Waals surface area contributed by atoms with E-state index in [4.69, 9.17) is 4.74 Å². The maximum absolute atomic E-state index is 12.5. The molecule has 0 heterocycles. The van der Waals surface area contributed by atoms with E-state index in [1.807, 2.05) is 0 Å². The second-order valence-electron chi connectivity index (χ2n) is 7.79. The molecule has 0 spiro atoms. The molecule has 1 N–H and O–H groups in total. The highest BCUT2D eigenvalue weighted by Crippen LogP contribution is 2.23. The Morgan fingerprint density at radius 2 is 1.71 bits per heavy atom. The first-order chi connectivity index (χ1) is 14.8.